The first kappa shape index (κ1) is 14.9. The zero-order valence-electron chi connectivity index (χ0n) is 12.1. The van der Waals surface area contributed by atoms with E-state index in [0.717, 1.165) is 17.2 Å². The smallest absolute Gasteiger partial charge is 0.119 e. The number of aryl methyl sites for hydroxylation is 1. The van der Waals surface area contributed by atoms with E-state index in [0.29, 0.717) is 0 Å². The molecule has 0 saturated heterocycles. The van der Waals surface area contributed by atoms with E-state index in [1.165, 1.54) is 16.7 Å². The maximum absolute atomic E-state index is 6.05. The standard InChI is InChI=1S/C17H20ClNO/c1-12-9-15(20-3)7-8-16(12)17(19-2)11-13-5-4-6-14(18)10-13/h4-10,17,19H,11H2,1-3H3. The van der Waals surface area contributed by atoms with Gasteiger partial charge in [-0.3, -0.25) is 0 Å². The molecule has 0 saturated carbocycles. The summed E-state index contributed by atoms with van der Waals surface area (Å²) < 4.78 is 5.26. The first-order valence-corrected chi connectivity index (χ1v) is 7.08. The number of likely N-dealkylation sites (N-methyl/N-ethyl adjacent to an activating group) is 1. The molecule has 1 unspecified atom stereocenters. The molecular formula is C17H20ClNO. The molecule has 0 aliphatic rings. The molecule has 2 nitrogen and oxygen atoms in total. The third-order valence-corrected chi connectivity index (χ3v) is 3.76. The summed E-state index contributed by atoms with van der Waals surface area (Å²) in [4.78, 5) is 0. The number of nitrogens with one attached hydrogen (secondary N) is 1. The van der Waals surface area contributed by atoms with Gasteiger partial charge in [0.15, 0.2) is 0 Å². The highest BCUT2D eigenvalue weighted by Gasteiger charge is 2.13. The van der Waals surface area contributed by atoms with Gasteiger partial charge in [-0.05, 0) is 61.3 Å². The van der Waals surface area contributed by atoms with E-state index >= 15 is 0 Å². The zero-order valence-corrected chi connectivity index (χ0v) is 12.9. The van der Waals surface area contributed by atoms with Gasteiger partial charge in [0.2, 0.25) is 0 Å². The van der Waals surface area contributed by atoms with E-state index in [2.05, 4.69) is 30.4 Å². The van der Waals surface area contributed by atoms with E-state index in [1.807, 2.05) is 31.3 Å². The van der Waals surface area contributed by atoms with Gasteiger partial charge in [0.25, 0.3) is 0 Å². The third kappa shape index (κ3) is 3.53. The van der Waals surface area contributed by atoms with Crippen molar-refractivity contribution in [3.05, 3.63) is 64.2 Å². The van der Waals surface area contributed by atoms with Gasteiger partial charge in [-0.15, -0.1) is 0 Å². The lowest BCUT2D eigenvalue weighted by atomic mass is 9.95. The minimum atomic E-state index is 0.263. The molecule has 3 heteroatoms. The Balaban J connectivity index is 2.24. The molecular weight excluding hydrogens is 270 g/mol. The van der Waals surface area contributed by atoms with Crippen LogP contribution in [0.4, 0.5) is 0 Å². The van der Waals surface area contributed by atoms with Crippen molar-refractivity contribution >= 4 is 11.6 Å². The van der Waals surface area contributed by atoms with Crippen molar-refractivity contribution in [1.29, 1.82) is 0 Å². The molecule has 0 heterocycles. The van der Waals surface area contributed by atoms with Crippen LogP contribution in [0.5, 0.6) is 5.75 Å². The van der Waals surface area contributed by atoms with Gasteiger partial charge in [-0.25, -0.2) is 0 Å². The molecule has 2 aromatic rings. The predicted octanol–water partition coefficient (Wildman–Crippen LogP) is 4.16. The molecule has 0 aromatic heterocycles. The Hall–Kier alpha value is -1.51. The van der Waals surface area contributed by atoms with E-state index in [9.17, 15) is 0 Å². The topological polar surface area (TPSA) is 21.3 Å². The van der Waals surface area contributed by atoms with Crippen molar-refractivity contribution in [3.63, 3.8) is 0 Å². The largest absolute Gasteiger partial charge is 0.497 e. The minimum Gasteiger partial charge on any atom is -0.497 e. The van der Waals surface area contributed by atoms with Gasteiger partial charge < -0.3 is 10.1 Å². The van der Waals surface area contributed by atoms with Crippen LogP contribution in [0.15, 0.2) is 42.5 Å². The summed E-state index contributed by atoms with van der Waals surface area (Å²) in [6.07, 6.45) is 0.907. The number of halogens is 1. The zero-order chi connectivity index (χ0) is 14.5. The van der Waals surface area contributed by atoms with Crippen LogP contribution < -0.4 is 10.1 Å². The molecule has 0 bridgehead atoms. The fraction of sp³-hybridized carbons (Fsp3) is 0.294. The van der Waals surface area contributed by atoms with Crippen LogP contribution in [-0.4, -0.2) is 14.2 Å². The second kappa shape index (κ2) is 6.78. The lowest BCUT2D eigenvalue weighted by molar-refractivity contribution is 0.414. The third-order valence-electron chi connectivity index (χ3n) is 3.53. The fourth-order valence-corrected chi connectivity index (χ4v) is 2.65. The molecule has 2 aromatic carbocycles. The Morgan fingerprint density at radius 1 is 1.20 bits per heavy atom. The number of hydrogen-bond acceptors (Lipinski definition) is 2. The van der Waals surface area contributed by atoms with Crippen molar-refractivity contribution in [2.24, 2.45) is 0 Å². The first-order chi connectivity index (χ1) is 9.63. The van der Waals surface area contributed by atoms with Crippen LogP contribution in [0.1, 0.15) is 22.7 Å². The Bertz CT molecular complexity index is 583. The summed E-state index contributed by atoms with van der Waals surface area (Å²) >= 11 is 6.05. The second-order valence-corrected chi connectivity index (χ2v) is 5.33. The van der Waals surface area contributed by atoms with Gasteiger partial charge in [-0.2, -0.15) is 0 Å². The highest BCUT2D eigenvalue weighted by atomic mass is 35.5. The summed E-state index contributed by atoms with van der Waals surface area (Å²) in [6.45, 7) is 2.11. The number of rotatable bonds is 5. The van der Waals surface area contributed by atoms with Crippen LogP contribution in [-0.2, 0) is 6.42 Å². The first-order valence-electron chi connectivity index (χ1n) is 6.70. The van der Waals surface area contributed by atoms with Crippen LogP contribution in [0.2, 0.25) is 5.02 Å². The predicted molar refractivity (Wildman–Crippen MR) is 84.7 cm³/mol. The van der Waals surface area contributed by atoms with Gasteiger partial charge in [-0.1, -0.05) is 29.8 Å². The lowest BCUT2D eigenvalue weighted by Gasteiger charge is -2.19. The molecule has 1 atom stereocenters. The molecule has 0 radical (unpaired) electrons. The maximum Gasteiger partial charge on any atom is 0.119 e. The highest BCUT2D eigenvalue weighted by molar-refractivity contribution is 6.30. The molecule has 0 amide bonds. The molecule has 2 rings (SSSR count). The summed E-state index contributed by atoms with van der Waals surface area (Å²) in [5, 5.41) is 4.16. The number of hydrogen-bond donors (Lipinski definition) is 1. The normalized spacial score (nSPS) is 12.2. The van der Waals surface area contributed by atoms with Crippen LogP contribution >= 0.6 is 11.6 Å². The van der Waals surface area contributed by atoms with Crippen molar-refractivity contribution in [3.8, 4) is 5.75 Å². The van der Waals surface area contributed by atoms with Gasteiger partial charge in [0.1, 0.15) is 5.75 Å². The Morgan fingerprint density at radius 2 is 2.00 bits per heavy atom. The Labute approximate surface area is 125 Å². The molecule has 0 fully saturated rings. The molecule has 0 spiro atoms. The number of ether oxygens (including phenoxy) is 1. The van der Waals surface area contributed by atoms with Crippen molar-refractivity contribution in [2.45, 2.75) is 19.4 Å². The summed E-state index contributed by atoms with van der Waals surface area (Å²) in [5.41, 5.74) is 3.74. The Kier molecular flexibility index (Phi) is 5.05. The van der Waals surface area contributed by atoms with E-state index in [4.69, 9.17) is 16.3 Å². The van der Waals surface area contributed by atoms with Crippen LogP contribution in [0.25, 0.3) is 0 Å². The average molecular weight is 290 g/mol. The maximum atomic E-state index is 6.05. The monoisotopic (exact) mass is 289 g/mol. The van der Waals surface area contributed by atoms with Gasteiger partial charge in [0.05, 0.1) is 7.11 Å². The van der Waals surface area contributed by atoms with Crippen molar-refractivity contribution in [2.75, 3.05) is 14.2 Å². The fourth-order valence-electron chi connectivity index (χ4n) is 2.43. The Morgan fingerprint density at radius 3 is 2.60 bits per heavy atom. The minimum absolute atomic E-state index is 0.263. The van der Waals surface area contributed by atoms with E-state index < -0.39 is 0 Å². The van der Waals surface area contributed by atoms with Crippen LogP contribution in [0, 0.1) is 6.92 Å². The summed E-state index contributed by atoms with van der Waals surface area (Å²) in [5.74, 6) is 0.892. The number of methoxy groups -OCH3 is 1. The molecule has 20 heavy (non-hydrogen) atoms. The highest BCUT2D eigenvalue weighted by Crippen LogP contribution is 2.25. The summed E-state index contributed by atoms with van der Waals surface area (Å²) in [6, 6.07) is 14.5. The van der Waals surface area contributed by atoms with E-state index in [-0.39, 0.29) is 6.04 Å². The van der Waals surface area contributed by atoms with Crippen LogP contribution in [0.3, 0.4) is 0 Å². The molecule has 106 valence electrons. The summed E-state index contributed by atoms with van der Waals surface area (Å²) in [7, 11) is 3.68. The average Bonchev–Trinajstić information content (AvgIpc) is 2.45. The number of benzene rings is 2. The van der Waals surface area contributed by atoms with Crippen molar-refractivity contribution < 1.29 is 4.74 Å². The quantitative estimate of drug-likeness (QED) is 0.892. The van der Waals surface area contributed by atoms with E-state index in [1.54, 1.807) is 7.11 Å². The SMILES string of the molecule is CNC(Cc1cccc(Cl)c1)c1ccc(OC)cc1C. The molecule has 0 aliphatic carbocycles. The second-order valence-electron chi connectivity index (χ2n) is 4.90. The van der Waals surface area contributed by atoms with Gasteiger partial charge >= 0.3 is 0 Å². The van der Waals surface area contributed by atoms with Gasteiger partial charge in [0, 0.05) is 11.1 Å². The molecule has 1 N–H and O–H groups in total. The molecule has 0 aliphatic heterocycles. The van der Waals surface area contributed by atoms with Crippen molar-refractivity contribution in [1.82, 2.24) is 5.32 Å². The lowest BCUT2D eigenvalue weighted by Crippen LogP contribution is -2.19.